The average molecular weight is 478 g/mol. The zero-order chi connectivity index (χ0) is 22.2. The molecule has 2 heterocycles. The smallest absolute Gasteiger partial charge is 0.258 e. The standard InChI is InChI=1S/C21H16FNO5S3/c1-14-4-6-15(7-5-14)13-30(24,25)21-20(23-19(28-21)18-3-2-12-29-18)31(26,27)17-10-8-16(22)9-11-17/h2-12H,13H2,1H3. The fourth-order valence-electron chi connectivity index (χ4n) is 2.86. The number of thiophene rings is 1. The molecule has 0 spiro atoms. The minimum atomic E-state index is -4.38. The highest BCUT2D eigenvalue weighted by atomic mass is 32.2. The van der Waals surface area contributed by atoms with E-state index in [4.69, 9.17) is 4.42 Å². The Morgan fingerprint density at radius 2 is 1.65 bits per heavy atom. The Labute approximate surface area is 182 Å². The summed E-state index contributed by atoms with van der Waals surface area (Å²) in [5.74, 6) is -1.19. The number of nitrogens with zero attached hydrogens (tertiary/aromatic N) is 1. The Morgan fingerprint density at radius 3 is 2.26 bits per heavy atom. The minimum Gasteiger partial charge on any atom is -0.422 e. The fourth-order valence-corrected chi connectivity index (χ4v) is 6.68. The second-order valence-corrected chi connectivity index (χ2v) is 11.5. The molecule has 0 amide bonds. The van der Waals surface area contributed by atoms with Gasteiger partial charge in [-0.3, -0.25) is 0 Å². The third-order valence-corrected chi connectivity index (χ3v) is 8.66. The van der Waals surface area contributed by atoms with Crippen LogP contribution in [0.5, 0.6) is 0 Å². The number of benzene rings is 2. The lowest BCUT2D eigenvalue weighted by Crippen LogP contribution is -2.11. The summed E-state index contributed by atoms with van der Waals surface area (Å²) >= 11 is 1.23. The second-order valence-electron chi connectivity index (χ2n) is 6.79. The molecule has 0 N–H and O–H groups in total. The van der Waals surface area contributed by atoms with Crippen LogP contribution in [-0.4, -0.2) is 21.8 Å². The van der Waals surface area contributed by atoms with Crippen molar-refractivity contribution in [2.75, 3.05) is 0 Å². The van der Waals surface area contributed by atoms with Crippen LogP contribution in [0.3, 0.4) is 0 Å². The van der Waals surface area contributed by atoms with Crippen molar-refractivity contribution >= 4 is 31.0 Å². The molecule has 0 saturated heterocycles. The summed E-state index contributed by atoms with van der Waals surface area (Å²) < 4.78 is 71.5. The van der Waals surface area contributed by atoms with E-state index in [0.29, 0.717) is 10.4 Å². The zero-order valence-electron chi connectivity index (χ0n) is 16.1. The van der Waals surface area contributed by atoms with Crippen molar-refractivity contribution in [3.8, 4) is 10.8 Å². The van der Waals surface area contributed by atoms with E-state index >= 15 is 0 Å². The van der Waals surface area contributed by atoms with Crippen molar-refractivity contribution in [1.29, 1.82) is 0 Å². The lowest BCUT2D eigenvalue weighted by Gasteiger charge is -2.06. The first kappa shape index (κ1) is 21.4. The summed E-state index contributed by atoms with van der Waals surface area (Å²) in [4.78, 5) is 4.22. The number of rotatable bonds is 6. The van der Waals surface area contributed by atoms with Crippen molar-refractivity contribution in [3.63, 3.8) is 0 Å². The number of hydrogen-bond acceptors (Lipinski definition) is 7. The van der Waals surface area contributed by atoms with E-state index in [1.54, 1.807) is 41.8 Å². The highest BCUT2D eigenvalue weighted by molar-refractivity contribution is 7.94. The lowest BCUT2D eigenvalue weighted by molar-refractivity contribution is 0.445. The van der Waals surface area contributed by atoms with Gasteiger partial charge in [0.05, 0.1) is 15.5 Å². The number of oxazole rings is 1. The Hall–Kier alpha value is -2.82. The van der Waals surface area contributed by atoms with Crippen LogP contribution >= 0.6 is 11.3 Å². The van der Waals surface area contributed by atoms with Crippen molar-refractivity contribution < 1.29 is 25.6 Å². The van der Waals surface area contributed by atoms with Gasteiger partial charge in [-0.25, -0.2) is 21.2 Å². The fraction of sp³-hybridized carbons (Fsp3) is 0.0952. The van der Waals surface area contributed by atoms with E-state index in [0.717, 1.165) is 29.8 Å². The Morgan fingerprint density at radius 1 is 0.968 bits per heavy atom. The number of aromatic nitrogens is 1. The van der Waals surface area contributed by atoms with E-state index in [9.17, 15) is 21.2 Å². The molecule has 160 valence electrons. The first-order valence-electron chi connectivity index (χ1n) is 9.00. The highest BCUT2D eigenvalue weighted by Gasteiger charge is 2.35. The molecule has 0 unspecified atom stereocenters. The first-order chi connectivity index (χ1) is 14.7. The number of sulfone groups is 2. The van der Waals surface area contributed by atoms with E-state index in [1.807, 2.05) is 6.92 Å². The van der Waals surface area contributed by atoms with Gasteiger partial charge in [-0.2, -0.15) is 4.98 Å². The molecule has 2 aromatic heterocycles. The van der Waals surface area contributed by atoms with Gasteiger partial charge in [0.15, 0.2) is 0 Å². The topological polar surface area (TPSA) is 94.3 Å². The van der Waals surface area contributed by atoms with Gasteiger partial charge in [0.25, 0.3) is 5.09 Å². The van der Waals surface area contributed by atoms with Gasteiger partial charge >= 0.3 is 0 Å². The SMILES string of the molecule is Cc1ccc(CS(=O)(=O)c2oc(-c3cccs3)nc2S(=O)(=O)c2ccc(F)cc2)cc1. The molecule has 10 heteroatoms. The zero-order valence-corrected chi connectivity index (χ0v) is 18.6. The summed E-state index contributed by atoms with van der Waals surface area (Å²) in [5, 5.41) is 0.282. The Bertz CT molecular complexity index is 1420. The maximum atomic E-state index is 13.3. The number of halogens is 1. The van der Waals surface area contributed by atoms with Crippen molar-refractivity contribution in [2.24, 2.45) is 0 Å². The molecule has 0 bridgehead atoms. The molecule has 2 aromatic carbocycles. The number of aryl methyl sites for hydroxylation is 1. The molecule has 6 nitrogen and oxygen atoms in total. The van der Waals surface area contributed by atoms with Crippen LogP contribution in [0.1, 0.15) is 11.1 Å². The molecule has 0 saturated carbocycles. The third kappa shape index (κ3) is 4.32. The molecule has 0 atom stereocenters. The van der Waals surface area contributed by atoms with Gasteiger partial charge in [-0.05, 0) is 48.2 Å². The van der Waals surface area contributed by atoms with Gasteiger partial charge in [0, 0.05) is 0 Å². The van der Waals surface area contributed by atoms with Crippen LogP contribution in [0.2, 0.25) is 0 Å². The van der Waals surface area contributed by atoms with Crippen LogP contribution in [0.4, 0.5) is 4.39 Å². The van der Waals surface area contributed by atoms with Crippen molar-refractivity contribution in [2.45, 2.75) is 27.7 Å². The molecule has 0 aliphatic heterocycles. The van der Waals surface area contributed by atoms with Crippen molar-refractivity contribution in [3.05, 3.63) is 83.0 Å². The van der Waals surface area contributed by atoms with Gasteiger partial charge in [-0.15, -0.1) is 11.3 Å². The van der Waals surface area contributed by atoms with E-state index in [1.165, 1.54) is 11.3 Å². The van der Waals surface area contributed by atoms with Gasteiger partial charge in [0.1, 0.15) is 5.82 Å². The molecular formula is C21H16FNO5S3. The maximum absolute atomic E-state index is 13.3. The van der Waals surface area contributed by atoms with E-state index < -0.39 is 41.4 Å². The van der Waals surface area contributed by atoms with E-state index in [-0.39, 0.29) is 10.8 Å². The summed E-state index contributed by atoms with van der Waals surface area (Å²) in [5.41, 5.74) is 1.44. The molecule has 0 aliphatic carbocycles. The molecule has 4 rings (SSSR count). The van der Waals surface area contributed by atoms with E-state index in [2.05, 4.69) is 4.98 Å². The Kier molecular flexibility index (Phi) is 5.54. The van der Waals surface area contributed by atoms with Crippen LogP contribution in [0.25, 0.3) is 10.8 Å². The van der Waals surface area contributed by atoms with Gasteiger partial charge < -0.3 is 4.42 Å². The normalized spacial score (nSPS) is 12.2. The van der Waals surface area contributed by atoms with Crippen LogP contribution in [0, 0.1) is 12.7 Å². The average Bonchev–Trinajstić information content (AvgIpc) is 3.40. The van der Waals surface area contributed by atoms with Crippen LogP contribution in [0.15, 0.2) is 85.5 Å². The number of hydrogen-bond donors (Lipinski definition) is 0. The molecule has 0 fully saturated rings. The third-order valence-electron chi connectivity index (χ3n) is 4.44. The van der Waals surface area contributed by atoms with Gasteiger partial charge in [0.2, 0.25) is 30.6 Å². The summed E-state index contributed by atoms with van der Waals surface area (Å²) in [6.07, 6.45) is 0. The largest absolute Gasteiger partial charge is 0.422 e. The highest BCUT2D eigenvalue weighted by Crippen LogP contribution is 2.34. The predicted molar refractivity (Wildman–Crippen MR) is 114 cm³/mol. The lowest BCUT2D eigenvalue weighted by atomic mass is 10.2. The summed E-state index contributed by atoms with van der Waals surface area (Å²) in [6.45, 7) is 1.87. The molecule has 4 aromatic rings. The quantitative estimate of drug-likeness (QED) is 0.375. The van der Waals surface area contributed by atoms with Crippen molar-refractivity contribution in [1.82, 2.24) is 4.98 Å². The van der Waals surface area contributed by atoms with Crippen LogP contribution < -0.4 is 0 Å². The molecular weight excluding hydrogens is 461 g/mol. The minimum absolute atomic E-state index is 0.113. The molecule has 0 aliphatic rings. The van der Waals surface area contributed by atoms with Crippen LogP contribution in [-0.2, 0) is 25.4 Å². The first-order valence-corrected chi connectivity index (χ1v) is 13.0. The Balaban J connectivity index is 1.86. The summed E-state index contributed by atoms with van der Waals surface area (Å²) in [7, 11) is -8.59. The second kappa shape index (κ2) is 8.03. The molecule has 31 heavy (non-hydrogen) atoms. The summed E-state index contributed by atoms with van der Waals surface area (Å²) in [6, 6.07) is 14.2. The van der Waals surface area contributed by atoms with Gasteiger partial charge in [-0.1, -0.05) is 35.9 Å². The molecule has 0 radical (unpaired) electrons. The predicted octanol–water partition coefficient (Wildman–Crippen LogP) is 4.66. The maximum Gasteiger partial charge on any atom is 0.258 e. The monoisotopic (exact) mass is 477 g/mol.